The molecule has 2 rings (SSSR count). The van der Waals surface area contributed by atoms with E-state index in [0.29, 0.717) is 16.8 Å². The van der Waals surface area contributed by atoms with E-state index in [4.69, 9.17) is 4.74 Å². The maximum Gasteiger partial charge on any atom is 0.323 e. The molecule has 7 heteroatoms. The predicted molar refractivity (Wildman–Crippen MR) is 91.5 cm³/mol. The molecular weight excluding hydrogens is 382 g/mol. The van der Waals surface area contributed by atoms with E-state index in [1.807, 2.05) is 0 Å². The van der Waals surface area contributed by atoms with Crippen molar-refractivity contribution in [2.24, 2.45) is 5.92 Å². The van der Waals surface area contributed by atoms with Crippen LogP contribution >= 0.6 is 15.9 Å². The van der Waals surface area contributed by atoms with Gasteiger partial charge in [0.15, 0.2) is 0 Å². The van der Waals surface area contributed by atoms with Crippen molar-refractivity contribution < 1.29 is 17.9 Å². The Bertz CT molecular complexity index is 641. The molecule has 0 amide bonds. The summed E-state index contributed by atoms with van der Waals surface area (Å²) in [7, 11) is -2.51. The van der Waals surface area contributed by atoms with Gasteiger partial charge in [-0.2, -0.15) is 4.72 Å². The summed E-state index contributed by atoms with van der Waals surface area (Å²) < 4.78 is 32.9. The summed E-state index contributed by atoms with van der Waals surface area (Å²) in [5, 5.41) is 0. The van der Waals surface area contributed by atoms with Crippen LogP contribution in [0.15, 0.2) is 33.6 Å². The zero-order chi connectivity index (χ0) is 16.9. The smallest absolute Gasteiger partial charge is 0.323 e. The van der Waals surface area contributed by atoms with Crippen LogP contribution in [-0.2, 0) is 19.6 Å². The highest BCUT2D eigenvalue weighted by Crippen LogP contribution is 2.28. The molecule has 1 atom stereocenters. The first-order chi connectivity index (χ1) is 10.9. The molecule has 23 heavy (non-hydrogen) atoms. The fourth-order valence-corrected chi connectivity index (χ4v) is 5.20. The highest BCUT2D eigenvalue weighted by Gasteiger charge is 2.30. The van der Waals surface area contributed by atoms with Crippen LogP contribution in [-0.4, -0.2) is 27.5 Å². The van der Waals surface area contributed by atoms with Crippen molar-refractivity contribution in [1.29, 1.82) is 0 Å². The summed E-state index contributed by atoms with van der Waals surface area (Å²) in [5.41, 5.74) is 0. The molecule has 0 bridgehead atoms. The van der Waals surface area contributed by atoms with Gasteiger partial charge in [0.1, 0.15) is 6.04 Å². The molecular formula is C16H22BrNO4S. The minimum absolute atomic E-state index is 0.123. The topological polar surface area (TPSA) is 72.5 Å². The van der Waals surface area contributed by atoms with E-state index >= 15 is 0 Å². The number of carbonyl (C=O) groups is 1. The van der Waals surface area contributed by atoms with Gasteiger partial charge < -0.3 is 4.74 Å². The van der Waals surface area contributed by atoms with Crippen molar-refractivity contribution in [2.45, 2.75) is 49.5 Å². The number of hydrogen-bond donors (Lipinski definition) is 1. The summed E-state index contributed by atoms with van der Waals surface area (Å²) in [6, 6.07) is 5.70. The average molecular weight is 404 g/mol. The SMILES string of the molecule is COC(=O)C(CC1CCCCC1)NS(=O)(=O)c1ccccc1Br. The first-order valence-corrected chi connectivity index (χ1v) is 10.1. The van der Waals surface area contributed by atoms with Gasteiger partial charge in [-0.05, 0) is 40.4 Å². The summed E-state index contributed by atoms with van der Waals surface area (Å²) in [6.07, 6.45) is 6.03. The Morgan fingerprint density at radius 3 is 2.57 bits per heavy atom. The normalized spacial score (nSPS) is 17.7. The lowest BCUT2D eigenvalue weighted by atomic mass is 9.85. The van der Waals surface area contributed by atoms with Crippen molar-refractivity contribution in [3.63, 3.8) is 0 Å². The number of rotatable bonds is 6. The van der Waals surface area contributed by atoms with E-state index in [0.717, 1.165) is 25.7 Å². The highest BCUT2D eigenvalue weighted by molar-refractivity contribution is 9.10. The fourth-order valence-electron chi connectivity index (χ4n) is 3.00. The zero-order valence-corrected chi connectivity index (χ0v) is 15.5. The molecule has 1 aliphatic carbocycles. The molecule has 0 heterocycles. The minimum atomic E-state index is -3.79. The molecule has 0 aromatic heterocycles. The summed E-state index contributed by atoms with van der Waals surface area (Å²) >= 11 is 3.24. The molecule has 5 nitrogen and oxygen atoms in total. The number of esters is 1. The third-order valence-electron chi connectivity index (χ3n) is 4.20. The summed E-state index contributed by atoms with van der Waals surface area (Å²) in [5.74, 6) is -0.180. The Morgan fingerprint density at radius 2 is 1.96 bits per heavy atom. The quantitative estimate of drug-likeness (QED) is 0.739. The van der Waals surface area contributed by atoms with Gasteiger partial charge in [0.2, 0.25) is 10.0 Å². The number of hydrogen-bond acceptors (Lipinski definition) is 4. The van der Waals surface area contributed by atoms with Crippen LogP contribution < -0.4 is 4.72 Å². The Balaban J connectivity index is 2.16. The highest BCUT2D eigenvalue weighted by atomic mass is 79.9. The van der Waals surface area contributed by atoms with Gasteiger partial charge in [0.25, 0.3) is 0 Å². The Hall–Kier alpha value is -0.920. The second-order valence-electron chi connectivity index (χ2n) is 5.87. The molecule has 1 aliphatic rings. The number of methoxy groups -OCH3 is 1. The van der Waals surface area contributed by atoms with Crippen LogP contribution in [0.25, 0.3) is 0 Å². The van der Waals surface area contributed by atoms with Crippen molar-refractivity contribution >= 4 is 31.9 Å². The summed E-state index contributed by atoms with van der Waals surface area (Å²) in [6.45, 7) is 0. The Morgan fingerprint density at radius 1 is 1.30 bits per heavy atom. The van der Waals surface area contributed by atoms with Gasteiger partial charge in [-0.25, -0.2) is 8.42 Å². The lowest BCUT2D eigenvalue weighted by Gasteiger charge is -2.25. The van der Waals surface area contributed by atoms with Crippen LogP contribution in [0.5, 0.6) is 0 Å². The first-order valence-electron chi connectivity index (χ1n) is 7.78. The van der Waals surface area contributed by atoms with Crippen LogP contribution in [0.4, 0.5) is 0 Å². The van der Waals surface area contributed by atoms with Gasteiger partial charge in [-0.1, -0.05) is 44.2 Å². The van der Waals surface area contributed by atoms with Crippen LogP contribution in [0.1, 0.15) is 38.5 Å². The molecule has 1 N–H and O–H groups in total. The van der Waals surface area contributed by atoms with Gasteiger partial charge in [0.05, 0.1) is 12.0 Å². The largest absolute Gasteiger partial charge is 0.468 e. The fraction of sp³-hybridized carbons (Fsp3) is 0.562. The van der Waals surface area contributed by atoms with Crippen LogP contribution in [0.2, 0.25) is 0 Å². The number of benzene rings is 1. The monoisotopic (exact) mass is 403 g/mol. The summed E-state index contributed by atoms with van der Waals surface area (Å²) in [4.78, 5) is 12.1. The van der Waals surface area contributed by atoms with Crippen molar-refractivity contribution in [2.75, 3.05) is 7.11 Å². The van der Waals surface area contributed by atoms with Crippen molar-refractivity contribution in [3.8, 4) is 0 Å². The van der Waals surface area contributed by atoms with E-state index < -0.39 is 22.0 Å². The Labute approximate surface area is 146 Å². The average Bonchev–Trinajstić information content (AvgIpc) is 2.54. The van der Waals surface area contributed by atoms with Crippen LogP contribution in [0, 0.1) is 5.92 Å². The van der Waals surface area contributed by atoms with E-state index in [-0.39, 0.29) is 4.90 Å². The van der Waals surface area contributed by atoms with Crippen molar-refractivity contribution in [1.82, 2.24) is 4.72 Å². The molecule has 0 radical (unpaired) electrons. The van der Waals surface area contributed by atoms with Gasteiger partial charge in [-0.15, -0.1) is 0 Å². The molecule has 0 aliphatic heterocycles. The van der Waals surface area contributed by atoms with E-state index in [9.17, 15) is 13.2 Å². The molecule has 1 saturated carbocycles. The van der Waals surface area contributed by atoms with Crippen molar-refractivity contribution in [3.05, 3.63) is 28.7 Å². The molecule has 1 aromatic carbocycles. The zero-order valence-electron chi connectivity index (χ0n) is 13.1. The lowest BCUT2D eigenvalue weighted by Crippen LogP contribution is -2.43. The standard InChI is InChI=1S/C16H22BrNO4S/c1-22-16(19)14(11-12-7-3-2-4-8-12)18-23(20,21)15-10-6-5-9-13(15)17/h5-6,9-10,12,14,18H,2-4,7-8,11H2,1H3. The second-order valence-corrected chi connectivity index (χ2v) is 8.40. The minimum Gasteiger partial charge on any atom is -0.468 e. The number of sulfonamides is 1. The second kappa shape index (κ2) is 8.26. The number of ether oxygens (including phenoxy) is 1. The first kappa shape index (κ1) is 18.4. The maximum absolute atomic E-state index is 12.6. The molecule has 0 saturated heterocycles. The van der Waals surface area contributed by atoms with E-state index in [1.54, 1.807) is 18.2 Å². The van der Waals surface area contributed by atoms with Crippen LogP contribution in [0.3, 0.4) is 0 Å². The molecule has 1 fully saturated rings. The number of nitrogens with one attached hydrogen (secondary N) is 1. The van der Waals surface area contributed by atoms with Gasteiger partial charge in [-0.3, -0.25) is 4.79 Å². The van der Waals surface area contributed by atoms with Gasteiger partial charge >= 0.3 is 5.97 Å². The third kappa shape index (κ3) is 5.02. The maximum atomic E-state index is 12.6. The predicted octanol–water partition coefficient (Wildman–Crippen LogP) is 3.24. The van der Waals surface area contributed by atoms with E-state index in [2.05, 4.69) is 20.7 Å². The van der Waals surface area contributed by atoms with E-state index in [1.165, 1.54) is 19.6 Å². The molecule has 0 spiro atoms. The number of carbonyl (C=O) groups excluding carboxylic acids is 1. The lowest BCUT2D eigenvalue weighted by molar-refractivity contribution is -0.143. The molecule has 1 aromatic rings. The molecule has 128 valence electrons. The van der Waals surface area contributed by atoms with Gasteiger partial charge in [0, 0.05) is 4.47 Å². The Kier molecular flexibility index (Phi) is 6.61. The molecule has 1 unspecified atom stereocenters. The third-order valence-corrected chi connectivity index (χ3v) is 6.69. The number of halogens is 1.